The molecule has 0 atom stereocenters. The molecule has 0 saturated carbocycles. The summed E-state index contributed by atoms with van der Waals surface area (Å²) in [4.78, 5) is 10.4. The molecule has 0 N–H and O–H groups in total. The lowest BCUT2D eigenvalue weighted by Gasteiger charge is -2.36. The van der Waals surface area contributed by atoms with E-state index in [4.69, 9.17) is 0 Å². The molecule has 162 valence electrons. The van der Waals surface area contributed by atoms with Gasteiger partial charge >= 0.3 is 48.0 Å². The van der Waals surface area contributed by atoms with Crippen molar-refractivity contribution >= 4 is 5.91 Å². The first-order chi connectivity index (χ1) is 11.3. The fourth-order valence-electron chi connectivity index (χ4n) is 1.05. The summed E-state index contributed by atoms with van der Waals surface area (Å²) < 4.78 is 209. The SMILES string of the molecule is O=C(N(F)C(F)(F)C(F)(F)C(F)(F)C(F)(F)F)C(F)(F)C(F)(F)C(F)(F)F. The summed E-state index contributed by atoms with van der Waals surface area (Å²) >= 11 is 0. The Morgan fingerprint density at radius 1 is 0.519 bits per heavy atom. The van der Waals surface area contributed by atoms with Crippen molar-refractivity contribution in [2.45, 2.75) is 42.1 Å². The summed E-state index contributed by atoms with van der Waals surface area (Å²) in [5, 5.41) is -4.26. The zero-order valence-electron chi connectivity index (χ0n) is 11.3. The number of amides is 1. The lowest BCUT2D eigenvalue weighted by molar-refractivity contribution is -0.431. The van der Waals surface area contributed by atoms with Gasteiger partial charge in [0, 0.05) is 0 Å². The van der Waals surface area contributed by atoms with Gasteiger partial charge in [0.2, 0.25) is 0 Å². The number of carbonyl (C=O) groups is 1. The van der Waals surface area contributed by atoms with Crippen molar-refractivity contribution < 1.29 is 79.5 Å². The molecule has 0 spiro atoms. The number of hydrogen-bond acceptors (Lipinski definition) is 1. The molecule has 0 aromatic rings. The van der Waals surface area contributed by atoms with Crippen LogP contribution in [0.25, 0.3) is 0 Å². The summed E-state index contributed by atoms with van der Waals surface area (Å²) in [6.45, 7) is 0. The molecule has 0 aromatic heterocycles. The minimum absolute atomic E-state index is 4.26. The minimum atomic E-state index is -8.12. The molecule has 0 aromatic carbocycles. The maximum atomic E-state index is 12.8. The molecule has 0 rings (SSSR count). The van der Waals surface area contributed by atoms with Gasteiger partial charge in [-0.05, 0) is 0 Å². The first-order valence-electron chi connectivity index (χ1n) is 5.34. The lowest BCUT2D eigenvalue weighted by atomic mass is 10.1. The topological polar surface area (TPSA) is 20.3 Å². The van der Waals surface area contributed by atoms with Crippen LogP contribution in [-0.4, -0.2) is 53.1 Å². The monoisotopic (exact) mass is 449 g/mol. The first kappa shape index (κ1) is 25.3. The maximum Gasteiger partial charge on any atom is 0.460 e. The number of halogens is 17. The Morgan fingerprint density at radius 3 is 1.07 bits per heavy atom. The Balaban J connectivity index is 6.24. The highest BCUT2D eigenvalue weighted by atomic mass is 19.4. The van der Waals surface area contributed by atoms with Crippen molar-refractivity contribution in [1.82, 2.24) is 5.12 Å². The third-order valence-corrected chi connectivity index (χ3v) is 2.57. The molecular weight excluding hydrogens is 449 g/mol. The highest BCUT2D eigenvalue weighted by Gasteiger charge is 2.86. The Labute approximate surface area is 134 Å². The fourth-order valence-corrected chi connectivity index (χ4v) is 1.05. The molecule has 0 unspecified atom stereocenters. The van der Waals surface area contributed by atoms with E-state index in [0.717, 1.165) is 0 Å². The number of hydrogen-bond donors (Lipinski definition) is 0. The van der Waals surface area contributed by atoms with Crippen molar-refractivity contribution in [3.63, 3.8) is 0 Å². The van der Waals surface area contributed by atoms with E-state index in [2.05, 4.69) is 0 Å². The van der Waals surface area contributed by atoms with Gasteiger partial charge in [0.25, 0.3) is 0 Å². The molecule has 0 fully saturated rings. The lowest BCUT2D eigenvalue weighted by Crippen LogP contribution is -2.68. The highest BCUT2D eigenvalue weighted by Crippen LogP contribution is 2.55. The second-order valence-corrected chi connectivity index (χ2v) is 4.42. The van der Waals surface area contributed by atoms with Crippen LogP contribution in [0.4, 0.5) is 74.7 Å². The first-order valence-corrected chi connectivity index (χ1v) is 5.34. The zero-order valence-corrected chi connectivity index (χ0v) is 11.3. The molecule has 0 saturated heterocycles. The maximum absolute atomic E-state index is 12.8. The molecular formula is C8F17NO. The van der Waals surface area contributed by atoms with Crippen LogP contribution in [0, 0.1) is 0 Å². The van der Waals surface area contributed by atoms with E-state index < -0.39 is 53.1 Å². The molecule has 0 aliphatic heterocycles. The van der Waals surface area contributed by atoms with Crippen LogP contribution < -0.4 is 0 Å². The molecule has 19 heteroatoms. The van der Waals surface area contributed by atoms with Crippen LogP contribution >= 0.6 is 0 Å². The third-order valence-electron chi connectivity index (χ3n) is 2.57. The Bertz CT molecular complexity index is 570. The summed E-state index contributed by atoms with van der Waals surface area (Å²) in [6, 6.07) is -7.95. The molecule has 0 radical (unpaired) electrons. The van der Waals surface area contributed by atoms with Gasteiger partial charge in [0.15, 0.2) is 0 Å². The van der Waals surface area contributed by atoms with E-state index in [1.807, 2.05) is 0 Å². The van der Waals surface area contributed by atoms with E-state index in [0.29, 0.717) is 0 Å². The van der Waals surface area contributed by atoms with Gasteiger partial charge in [0.05, 0.1) is 0 Å². The molecule has 0 aliphatic carbocycles. The summed E-state index contributed by atoms with van der Waals surface area (Å²) in [5.74, 6) is -36.6. The number of alkyl halides is 16. The normalized spacial score (nSPS) is 15.7. The molecule has 0 heterocycles. The fraction of sp³-hybridized carbons (Fsp3) is 0.875. The van der Waals surface area contributed by atoms with Crippen LogP contribution in [0.2, 0.25) is 0 Å². The van der Waals surface area contributed by atoms with E-state index in [1.54, 1.807) is 0 Å². The van der Waals surface area contributed by atoms with Crippen molar-refractivity contribution in [3.8, 4) is 0 Å². The van der Waals surface area contributed by atoms with Gasteiger partial charge in [-0.2, -0.15) is 70.2 Å². The largest absolute Gasteiger partial charge is 0.460 e. The van der Waals surface area contributed by atoms with Crippen LogP contribution in [0.3, 0.4) is 0 Å². The molecule has 2 nitrogen and oxygen atoms in total. The Hall–Kier alpha value is -1.72. The van der Waals surface area contributed by atoms with Crippen LogP contribution in [0.15, 0.2) is 0 Å². The van der Waals surface area contributed by atoms with Crippen LogP contribution in [-0.2, 0) is 4.79 Å². The Morgan fingerprint density at radius 2 is 0.815 bits per heavy atom. The van der Waals surface area contributed by atoms with Gasteiger partial charge in [-0.15, -0.1) is 0 Å². The average Bonchev–Trinajstić information content (AvgIpc) is 2.42. The molecule has 0 aliphatic rings. The number of nitrogens with zero attached hydrogens (tertiary/aromatic N) is 1. The van der Waals surface area contributed by atoms with Crippen molar-refractivity contribution in [2.75, 3.05) is 0 Å². The van der Waals surface area contributed by atoms with E-state index in [9.17, 15) is 79.5 Å². The van der Waals surface area contributed by atoms with Gasteiger partial charge in [-0.25, -0.2) is 0 Å². The average molecular weight is 449 g/mol. The minimum Gasteiger partial charge on any atom is -0.265 e. The van der Waals surface area contributed by atoms with Crippen molar-refractivity contribution in [3.05, 3.63) is 0 Å². The van der Waals surface area contributed by atoms with Crippen LogP contribution in [0.1, 0.15) is 0 Å². The summed E-state index contributed by atoms with van der Waals surface area (Å²) in [6.07, 6.45) is -15.1. The van der Waals surface area contributed by atoms with Gasteiger partial charge < -0.3 is 0 Å². The van der Waals surface area contributed by atoms with Crippen molar-refractivity contribution in [2.24, 2.45) is 0 Å². The molecule has 27 heavy (non-hydrogen) atoms. The Kier molecular flexibility index (Phi) is 5.75. The third kappa shape index (κ3) is 3.43. The highest BCUT2D eigenvalue weighted by molar-refractivity contribution is 5.84. The van der Waals surface area contributed by atoms with E-state index in [-0.39, 0.29) is 0 Å². The standard InChI is InChI=1S/C8F17NO/c9-2(10,3(11,12)6(17,18)19)1(27)26(25)8(23,24)5(15,16)4(13,14)7(20,21)22. The quantitative estimate of drug-likeness (QED) is 0.330. The molecule has 0 bridgehead atoms. The predicted molar refractivity (Wildman–Crippen MR) is 44.8 cm³/mol. The summed E-state index contributed by atoms with van der Waals surface area (Å²) in [5.41, 5.74) is 0. The second kappa shape index (κ2) is 6.14. The van der Waals surface area contributed by atoms with E-state index in [1.165, 1.54) is 0 Å². The predicted octanol–water partition coefficient (Wildman–Crippen LogP) is 4.96. The van der Waals surface area contributed by atoms with Crippen LogP contribution in [0.5, 0.6) is 0 Å². The second-order valence-electron chi connectivity index (χ2n) is 4.42. The van der Waals surface area contributed by atoms with Gasteiger partial charge in [0.1, 0.15) is 0 Å². The van der Waals surface area contributed by atoms with Crippen molar-refractivity contribution in [1.29, 1.82) is 0 Å². The number of rotatable bonds is 5. The molecule has 1 amide bonds. The number of carbonyl (C=O) groups excluding carboxylic acids is 1. The summed E-state index contributed by atoms with van der Waals surface area (Å²) in [7, 11) is 0. The van der Waals surface area contributed by atoms with Gasteiger partial charge in [-0.1, -0.05) is 9.60 Å². The van der Waals surface area contributed by atoms with Gasteiger partial charge in [-0.3, -0.25) is 4.79 Å². The smallest absolute Gasteiger partial charge is 0.265 e. The zero-order chi connectivity index (χ0) is 22.7. The van der Waals surface area contributed by atoms with E-state index >= 15 is 0 Å².